The quantitative estimate of drug-likeness (QED) is 0.684. The molecular formula is C21H24F2N4O. The van der Waals surface area contributed by atoms with Crippen molar-refractivity contribution < 1.29 is 13.9 Å². The van der Waals surface area contributed by atoms with Gasteiger partial charge in [-0.05, 0) is 42.3 Å². The van der Waals surface area contributed by atoms with Crippen molar-refractivity contribution >= 4 is 11.0 Å². The van der Waals surface area contributed by atoms with Crippen molar-refractivity contribution in [2.75, 3.05) is 26.2 Å². The lowest BCUT2D eigenvalue weighted by Gasteiger charge is -2.41. The number of rotatable bonds is 6. The highest BCUT2D eigenvalue weighted by Gasteiger charge is 2.27. The number of aromatic amines is 1. The van der Waals surface area contributed by atoms with Crippen molar-refractivity contribution in [3.8, 4) is 0 Å². The van der Waals surface area contributed by atoms with Gasteiger partial charge in [0.15, 0.2) is 0 Å². The van der Waals surface area contributed by atoms with E-state index in [1.807, 2.05) is 12.1 Å². The first-order valence-electron chi connectivity index (χ1n) is 9.56. The molecule has 1 fully saturated rings. The molecule has 1 aliphatic rings. The smallest absolute Gasteiger partial charge is 0.125 e. The van der Waals surface area contributed by atoms with Crippen molar-refractivity contribution in [1.29, 1.82) is 0 Å². The predicted octanol–water partition coefficient (Wildman–Crippen LogP) is 2.91. The summed E-state index contributed by atoms with van der Waals surface area (Å²) in [5.41, 5.74) is 2.53. The number of nitrogens with one attached hydrogen (secondary N) is 1. The third-order valence-corrected chi connectivity index (χ3v) is 5.32. The summed E-state index contributed by atoms with van der Waals surface area (Å²) in [6, 6.07) is 11.4. The number of halogens is 2. The Labute approximate surface area is 162 Å². The second-order valence-corrected chi connectivity index (χ2v) is 7.34. The number of fused-ring (bicyclic) bond motifs is 1. The van der Waals surface area contributed by atoms with E-state index in [9.17, 15) is 13.9 Å². The predicted molar refractivity (Wildman–Crippen MR) is 104 cm³/mol. The van der Waals surface area contributed by atoms with Crippen LogP contribution in [0.4, 0.5) is 8.78 Å². The van der Waals surface area contributed by atoms with E-state index >= 15 is 0 Å². The summed E-state index contributed by atoms with van der Waals surface area (Å²) in [5, 5.41) is 9.49. The van der Waals surface area contributed by atoms with Gasteiger partial charge in [0.2, 0.25) is 0 Å². The zero-order chi connectivity index (χ0) is 19.5. The maximum absolute atomic E-state index is 13.4. The Morgan fingerprint density at radius 1 is 1.04 bits per heavy atom. The van der Waals surface area contributed by atoms with E-state index in [1.54, 1.807) is 6.07 Å². The van der Waals surface area contributed by atoms with Gasteiger partial charge in [0.25, 0.3) is 0 Å². The van der Waals surface area contributed by atoms with Gasteiger partial charge in [0, 0.05) is 38.8 Å². The van der Waals surface area contributed by atoms with E-state index in [0.29, 0.717) is 18.5 Å². The van der Waals surface area contributed by atoms with Crippen LogP contribution >= 0.6 is 0 Å². The number of aromatic nitrogens is 2. The standard InChI is InChI=1S/C21H24F2N4O/c22-16-3-1-15(2-4-16)12-27-9-8-26(13-18(27)7-10-28)14-21-24-19-6-5-17(23)11-20(19)25-21/h1-6,11,18,28H,7-10,12-14H2,(H,24,25). The zero-order valence-electron chi connectivity index (χ0n) is 15.6. The highest BCUT2D eigenvalue weighted by Crippen LogP contribution is 2.19. The Balaban J connectivity index is 1.42. The topological polar surface area (TPSA) is 55.4 Å². The number of imidazole rings is 1. The lowest BCUT2D eigenvalue weighted by Crippen LogP contribution is -2.52. The largest absolute Gasteiger partial charge is 0.396 e. The Kier molecular flexibility index (Phi) is 5.66. The van der Waals surface area contributed by atoms with E-state index in [0.717, 1.165) is 43.1 Å². The molecule has 0 amide bonds. The number of hydrogen-bond donors (Lipinski definition) is 2. The molecule has 2 aromatic carbocycles. The second kappa shape index (κ2) is 8.34. The third-order valence-electron chi connectivity index (χ3n) is 5.32. The van der Waals surface area contributed by atoms with Crippen LogP contribution in [0.5, 0.6) is 0 Å². The number of aliphatic hydroxyl groups is 1. The number of aliphatic hydroxyl groups excluding tert-OH is 1. The molecule has 1 atom stereocenters. The fraction of sp³-hybridized carbons (Fsp3) is 0.381. The van der Waals surface area contributed by atoms with Crippen LogP contribution in [0.2, 0.25) is 0 Å². The van der Waals surface area contributed by atoms with Gasteiger partial charge in [-0.2, -0.15) is 0 Å². The van der Waals surface area contributed by atoms with Gasteiger partial charge < -0.3 is 10.1 Å². The number of hydrogen-bond acceptors (Lipinski definition) is 4. The summed E-state index contributed by atoms with van der Waals surface area (Å²) in [4.78, 5) is 12.4. The summed E-state index contributed by atoms with van der Waals surface area (Å²) in [6.45, 7) is 4.06. The van der Waals surface area contributed by atoms with E-state index < -0.39 is 0 Å². The molecule has 1 saturated heterocycles. The summed E-state index contributed by atoms with van der Waals surface area (Å²) >= 11 is 0. The molecule has 0 aliphatic carbocycles. The molecule has 7 heteroatoms. The first-order valence-corrected chi connectivity index (χ1v) is 9.56. The molecule has 3 aromatic rings. The van der Waals surface area contributed by atoms with Crippen molar-refractivity contribution in [2.45, 2.75) is 25.6 Å². The van der Waals surface area contributed by atoms with E-state index in [1.165, 1.54) is 24.3 Å². The maximum Gasteiger partial charge on any atom is 0.125 e. The number of benzene rings is 2. The lowest BCUT2D eigenvalue weighted by molar-refractivity contribution is 0.0489. The first-order chi connectivity index (χ1) is 13.6. The minimum absolute atomic E-state index is 0.127. The van der Waals surface area contributed by atoms with E-state index in [2.05, 4.69) is 19.8 Å². The summed E-state index contributed by atoms with van der Waals surface area (Å²) < 4.78 is 26.5. The van der Waals surface area contributed by atoms with Gasteiger partial charge >= 0.3 is 0 Å². The molecule has 148 valence electrons. The van der Waals surface area contributed by atoms with Crippen LogP contribution in [-0.4, -0.2) is 57.2 Å². The van der Waals surface area contributed by atoms with Crippen LogP contribution in [0.1, 0.15) is 17.8 Å². The van der Waals surface area contributed by atoms with Crippen LogP contribution in [0.25, 0.3) is 11.0 Å². The number of piperazine rings is 1. The SMILES string of the molecule is OCCC1CN(Cc2nc3ccc(F)cc3[nH]2)CCN1Cc1ccc(F)cc1. The molecule has 1 unspecified atom stereocenters. The summed E-state index contributed by atoms with van der Waals surface area (Å²) in [6.07, 6.45) is 0.684. The normalized spacial score (nSPS) is 18.8. The Morgan fingerprint density at radius 3 is 2.61 bits per heavy atom. The van der Waals surface area contributed by atoms with Crippen LogP contribution < -0.4 is 0 Å². The molecule has 0 saturated carbocycles. The van der Waals surface area contributed by atoms with Crippen LogP contribution in [0.3, 0.4) is 0 Å². The lowest BCUT2D eigenvalue weighted by atomic mass is 10.1. The zero-order valence-corrected chi connectivity index (χ0v) is 15.6. The molecule has 2 heterocycles. The molecule has 4 rings (SSSR count). The molecule has 1 aromatic heterocycles. The highest BCUT2D eigenvalue weighted by atomic mass is 19.1. The highest BCUT2D eigenvalue weighted by molar-refractivity contribution is 5.74. The summed E-state index contributed by atoms with van der Waals surface area (Å²) in [7, 11) is 0. The Hall–Kier alpha value is -2.35. The molecule has 0 radical (unpaired) electrons. The minimum atomic E-state index is -0.278. The molecule has 0 bridgehead atoms. The third kappa shape index (κ3) is 4.38. The van der Waals surface area contributed by atoms with Crippen molar-refractivity contribution in [3.63, 3.8) is 0 Å². The number of H-pyrrole nitrogens is 1. The molecule has 0 spiro atoms. The van der Waals surface area contributed by atoms with E-state index in [-0.39, 0.29) is 24.3 Å². The van der Waals surface area contributed by atoms with Gasteiger partial charge in [-0.15, -0.1) is 0 Å². The maximum atomic E-state index is 13.4. The summed E-state index contributed by atoms with van der Waals surface area (Å²) in [5.74, 6) is 0.307. The molecule has 1 aliphatic heterocycles. The van der Waals surface area contributed by atoms with Gasteiger partial charge in [0.1, 0.15) is 17.5 Å². The Bertz CT molecular complexity index is 928. The minimum Gasteiger partial charge on any atom is -0.396 e. The molecular weight excluding hydrogens is 362 g/mol. The molecule has 5 nitrogen and oxygen atoms in total. The monoisotopic (exact) mass is 386 g/mol. The van der Waals surface area contributed by atoms with Gasteiger partial charge in [-0.1, -0.05) is 12.1 Å². The van der Waals surface area contributed by atoms with Crippen LogP contribution in [0.15, 0.2) is 42.5 Å². The number of nitrogens with zero attached hydrogens (tertiary/aromatic N) is 3. The fourth-order valence-corrected chi connectivity index (χ4v) is 3.88. The average Bonchev–Trinajstić information content (AvgIpc) is 3.07. The van der Waals surface area contributed by atoms with Gasteiger partial charge in [-0.25, -0.2) is 13.8 Å². The fourth-order valence-electron chi connectivity index (χ4n) is 3.88. The van der Waals surface area contributed by atoms with E-state index in [4.69, 9.17) is 0 Å². The van der Waals surface area contributed by atoms with Crippen LogP contribution in [-0.2, 0) is 13.1 Å². The average molecular weight is 386 g/mol. The first kappa shape index (κ1) is 19.0. The molecule has 2 N–H and O–H groups in total. The van der Waals surface area contributed by atoms with Crippen molar-refractivity contribution in [1.82, 2.24) is 19.8 Å². The van der Waals surface area contributed by atoms with Gasteiger partial charge in [-0.3, -0.25) is 9.80 Å². The second-order valence-electron chi connectivity index (χ2n) is 7.34. The van der Waals surface area contributed by atoms with Crippen molar-refractivity contribution in [2.24, 2.45) is 0 Å². The van der Waals surface area contributed by atoms with Crippen molar-refractivity contribution in [3.05, 3.63) is 65.5 Å². The van der Waals surface area contributed by atoms with Gasteiger partial charge in [0.05, 0.1) is 17.6 Å². The Morgan fingerprint density at radius 2 is 1.82 bits per heavy atom. The van der Waals surface area contributed by atoms with Crippen LogP contribution in [0, 0.1) is 11.6 Å². The molecule has 28 heavy (non-hydrogen) atoms.